The van der Waals surface area contributed by atoms with E-state index in [0.29, 0.717) is 16.8 Å². The Morgan fingerprint density at radius 1 is 1.38 bits per heavy atom. The summed E-state index contributed by atoms with van der Waals surface area (Å²) in [6, 6.07) is 4.78. The van der Waals surface area contributed by atoms with Crippen molar-refractivity contribution in [3.63, 3.8) is 0 Å². The van der Waals surface area contributed by atoms with Crippen LogP contribution >= 0.6 is 11.6 Å². The first-order valence-corrected chi connectivity index (χ1v) is 8.93. The van der Waals surface area contributed by atoms with Crippen LogP contribution in [0.2, 0.25) is 5.02 Å². The van der Waals surface area contributed by atoms with Gasteiger partial charge in [-0.05, 0) is 24.6 Å². The van der Waals surface area contributed by atoms with Crippen LogP contribution in [-0.2, 0) is 14.8 Å². The summed E-state index contributed by atoms with van der Waals surface area (Å²) in [6.45, 7) is 2.29. The summed E-state index contributed by atoms with van der Waals surface area (Å²) in [7, 11) is -0.745. The quantitative estimate of drug-likeness (QED) is 0.834. The zero-order chi connectivity index (χ0) is 17.9. The lowest BCUT2D eigenvalue weighted by molar-refractivity contribution is 0.185. The molecule has 0 atom stereocenters. The van der Waals surface area contributed by atoms with Crippen LogP contribution in [0, 0.1) is 6.92 Å². The molecule has 130 valence electrons. The Morgan fingerprint density at radius 2 is 2.08 bits per heavy atom. The molecule has 2 N–H and O–H groups in total. The Kier molecular flexibility index (Phi) is 5.76. The van der Waals surface area contributed by atoms with Gasteiger partial charge in [-0.2, -0.15) is 4.31 Å². The lowest BCUT2D eigenvalue weighted by Crippen LogP contribution is -2.30. The van der Waals surface area contributed by atoms with Crippen LogP contribution in [0.15, 0.2) is 29.3 Å². The standard InChI is InChI=1S/C15H19ClN4O3S/c1-10-12(9-18-15(17)19-10)11-4-5-13(16)14(8-11)24(21,22)20(2)6-7-23-3/h4-5,8-9H,6-7H2,1-3H3,(H2,17,18,19). The highest BCUT2D eigenvalue weighted by atomic mass is 35.5. The largest absolute Gasteiger partial charge is 0.383 e. The van der Waals surface area contributed by atoms with Gasteiger partial charge in [0.2, 0.25) is 16.0 Å². The fraction of sp³-hybridized carbons (Fsp3) is 0.333. The topological polar surface area (TPSA) is 98.4 Å². The molecule has 0 fully saturated rings. The van der Waals surface area contributed by atoms with E-state index in [1.54, 1.807) is 25.3 Å². The Labute approximate surface area is 146 Å². The number of nitrogens with two attached hydrogens (primary N) is 1. The van der Waals surface area contributed by atoms with Gasteiger partial charge in [0.1, 0.15) is 4.90 Å². The molecule has 24 heavy (non-hydrogen) atoms. The molecule has 0 amide bonds. The lowest BCUT2D eigenvalue weighted by atomic mass is 10.1. The monoisotopic (exact) mass is 370 g/mol. The average molecular weight is 371 g/mol. The number of hydrogen-bond donors (Lipinski definition) is 1. The molecule has 0 unspecified atom stereocenters. The minimum Gasteiger partial charge on any atom is -0.383 e. The number of hydrogen-bond acceptors (Lipinski definition) is 6. The van der Waals surface area contributed by atoms with Gasteiger partial charge in [-0.3, -0.25) is 0 Å². The van der Waals surface area contributed by atoms with Gasteiger partial charge in [0, 0.05) is 32.5 Å². The number of ether oxygens (including phenoxy) is 1. The number of nitrogens with zero attached hydrogens (tertiary/aromatic N) is 3. The molecule has 0 saturated carbocycles. The maximum Gasteiger partial charge on any atom is 0.244 e. The molecule has 7 nitrogen and oxygen atoms in total. The molecule has 0 aliphatic carbocycles. The predicted octanol–water partition coefficient (Wildman–Crippen LogP) is 1.95. The molecular formula is C15H19ClN4O3S. The van der Waals surface area contributed by atoms with Crippen molar-refractivity contribution in [3.8, 4) is 11.1 Å². The maximum absolute atomic E-state index is 12.7. The van der Waals surface area contributed by atoms with Crippen LogP contribution < -0.4 is 5.73 Å². The molecule has 1 heterocycles. The summed E-state index contributed by atoms with van der Waals surface area (Å²) in [5.74, 6) is 0.164. The number of anilines is 1. The van der Waals surface area contributed by atoms with Crippen LogP contribution in [0.5, 0.6) is 0 Å². The third kappa shape index (κ3) is 3.84. The van der Waals surface area contributed by atoms with Gasteiger partial charge >= 0.3 is 0 Å². The van der Waals surface area contributed by atoms with Crippen molar-refractivity contribution in [2.24, 2.45) is 0 Å². The van der Waals surface area contributed by atoms with Crippen molar-refractivity contribution in [2.45, 2.75) is 11.8 Å². The Morgan fingerprint density at radius 3 is 2.71 bits per heavy atom. The molecule has 0 radical (unpaired) electrons. The number of rotatable bonds is 6. The fourth-order valence-corrected chi connectivity index (χ4v) is 3.80. The molecule has 1 aromatic heterocycles. The highest BCUT2D eigenvalue weighted by Crippen LogP contribution is 2.30. The summed E-state index contributed by atoms with van der Waals surface area (Å²) in [4.78, 5) is 8.09. The van der Waals surface area contributed by atoms with Crippen molar-refractivity contribution < 1.29 is 13.2 Å². The first-order valence-electron chi connectivity index (χ1n) is 7.11. The summed E-state index contributed by atoms with van der Waals surface area (Å²) in [5, 5.41) is 0.150. The van der Waals surface area contributed by atoms with Crippen LogP contribution in [0.1, 0.15) is 5.69 Å². The summed E-state index contributed by atoms with van der Waals surface area (Å²) in [6.07, 6.45) is 1.56. The summed E-state index contributed by atoms with van der Waals surface area (Å²) < 4.78 is 31.6. The number of aromatic nitrogens is 2. The van der Waals surface area contributed by atoms with Gasteiger partial charge in [0.15, 0.2) is 0 Å². The first-order chi connectivity index (χ1) is 11.3. The number of halogens is 1. The molecular weight excluding hydrogens is 352 g/mol. The number of methoxy groups -OCH3 is 1. The Hall–Kier alpha value is -1.74. The molecule has 0 aliphatic heterocycles. The maximum atomic E-state index is 12.7. The zero-order valence-electron chi connectivity index (χ0n) is 13.7. The van der Waals surface area contributed by atoms with E-state index >= 15 is 0 Å². The molecule has 0 aliphatic rings. The van der Waals surface area contributed by atoms with Crippen LogP contribution in [-0.4, -0.2) is 50.0 Å². The van der Waals surface area contributed by atoms with Crippen molar-refractivity contribution >= 4 is 27.6 Å². The number of sulfonamides is 1. The van der Waals surface area contributed by atoms with Gasteiger partial charge in [0.25, 0.3) is 0 Å². The van der Waals surface area contributed by atoms with Gasteiger partial charge in [-0.15, -0.1) is 0 Å². The van der Waals surface area contributed by atoms with Crippen molar-refractivity contribution in [3.05, 3.63) is 35.1 Å². The lowest BCUT2D eigenvalue weighted by Gasteiger charge is -2.18. The van der Waals surface area contributed by atoms with Crippen molar-refractivity contribution in [1.29, 1.82) is 0 Å². The normalized spacial score (nSPS) is 11.9. The third-order valence-electron chi connectivity index (χ3n) is 3.54. The van der Waals surface area contributed by atoms with E-state index in [-0.39, 0.29) is 29.0 Å². The molecule has 0 saturated heterocycles. The third-order valence-corrected chi connectivity index (χ3v) is 5.88. The molecule has 2 aromatic rings. The first kappa shape index (κ1) is 18.6. The number of aryl methyl sites for hydroxylation is 1. The van der Waals surface area contributed by atoms with Crippen LogP contribution in [0.25, 0.3) is 11.1 Å². The highest BCUT2D eigenvalue weighted by molar-refractivity contribution is 7.89. The average Bonchev–Trinajstić information content (AvgIpc) is 2.53. The van der Waals surface area contributed by atoms with E-state index in [2.05, 4.69) is 9.97 Å². The smallest absolute Gasteiger partial charge is 0.244 e. The molecule has 2 rings (SSSR count). The molecule has 1 aromatic carbocycles. The number of benzene rings is 1. The van der Waals surface area contributed by atoms with E-state index in [4.69, 9.17) is 22.1 Å². The SMILES string of the molecule is COCCN(C)S(=O)(=O)c1cc(-c2cnc(N)nc2C)ccc1Cl. The zero-order valence-corrected chi connectivity index (χ0v) is 15.2. The van der Waals surface area contributed by atoms with Crippen LogP contribution in [0.3, 0.4) is 0 Å². The minimum atomic E-state index is -3.74. The van der Waals surface area contributed by atoms with Gasteiger partial charge in [0.05, 0.1) is 17.3 Å². The molecule has 0 spiro atoms. The van der Waals surface area contributed by atoms with Crippen LogP contribution in [0.4, 0.5) is 5.95 Å². The second-order valence-corrected chi connectivity index (χ2v) is 7.61. The molecule has 9 heteroatoms. The molecule has 0 bridgehead atoms. The van der Waals surface area contributed by atoms with E-state index in [9.17, 15) is 8.42 Å². The highest BCUT2D eigenvalue weighted by Gasteiger charge is 2.24. The van der Waals surface area contributed by atoms with E-state index in [1.807, 2.05) is 0 Å². The second kappa shape index (κ2) is 7.43. The number of likely N-dealkylation sites (N-methyl/N-ethyl adjacent to an activating group) is 1. The summed E-state index contributed by atoms with van der Waals surface area (Å²) >= 11 is 6.12. The van der Waals surface area contributed by atoms with E-state index < -0.39 is 10.0 Å². The van der Waals surface area contributed by atoms with Gasteiger partial charge < -0.3 is 10.5 Å². The van der Waals surface area contributed by atoms with E-state index in [0.717, 1.165) is 0 Å². The Bertz CT molecular complexity index is 843. The van der Waals surface area contributed by atoms with Gasteiger partial charge in [-0.25, -0.2) is 18.4 Å². The Balaban J connectivity index is 2.49. The fourth-order valence-electron chi connectivity index (χ4n) is 2.14. The van der Waals surface area contributed by atoms with Gasteiger partial charge in [-0.1, -0.05) is 17.7 Å². The number of nitrogen functional groups attached to an aromatic ring is 1. The van der Waals surface area contributed by atoms with E-state index in [1.165, 1.54) is 24.5 Å². The minimum absolute atomic E-state index is 0.0245. The summed E-state index contributed by atoms with van der Waals surface area (Å²) in [5.41, 5.74) is 7.55. The van der Waals surface area contributed by atoms with Crippen molar-refractivity contribution in [1.82, 2.24) is 14.3 Å². The second-order valence-electron chi connectivity index (χ2n) is 5.19. The van der Waals surface area contributed by atoms with Crippen molar-refractivity contribution in [2.75, 3.05) is 33.0 Å². The predicted molar refractivity (Wildman–Crippen MR) is 93.3 cm³/mol.